The largest absolute Gasteiger partial charge is 0.345 e. The van der Waals surface area contributed by atoms with Crippen LogP contribution in [0.3, 0.4) is 0 Å². The van der Waals surface area contributed by atoms with Crippen molar-refractivity contribution in [1.82, 2.24) is 19.9 Å². The highest BCUT2D eigenvalue weighted by Gasteiger charge is 1.92. The highest BCUT2D eigenvalue weighted by Crippen LogP contribution is 2.09. The summed E-state index contributed by atoms with van der Waals surface area (Å²) in [6, 6.07) is 14.1. The van der Waals surface area contributed by atoms with Crippen molar-refractivity contribution in [2.24, 2.45) is 0 Å². The van der Waals surface area contributed by atoms with E-state index in [1.165, 1.54) is 5.56 Å². The number of aryl methyl sites for hydroxylation is 1. The van der Waals surface area contributed by atoms with Crippen LogP contribution >= 0.6 is 0 Å². The molecule has 0 radical (unpaired) electrons. The van der Waals surface area contributed by atoms with Gasteiger partial charge in [-0.25, -0.2) is 9.97 Å². The summed E-state index contributed by atoms with van der Waals surface area (Å²) in [7, 11) is 0. The van der Waals surface area contributed by atoms with E-state index < -0.39 is 0 Å². The smallest absolute Gasteiger partial charge is 0.0931 e. The van der Waals surface area contributed by atoms with Crippen molar-refractivity contribution in [2.75, 3.05) is 0 Å². The predicted octanol–water partition coefficient (Wildman–Crippen LogP) is 3.43. The molecular weight excluding hydrogens is 236 g/mol. The highest BCUT2D eigenvalue weighted by molar-refractivity contribution is 5.75. The zero-order chi connectivity index (χ0) is 13.1. The minimum Gasteiger partial charge on any atom is -0.345 e. The van der Waals surface area contributed by atoms with E-state index in [1.54, 1.807) is 12.7 Å². The summed E-state index contributed by atoms with van der Waals surface area (Å²) in [5.41, 5.74) is 5.53. The van der Waals surface area contributed by atoms with Gasteiger partial charge in [0.25, 0.3) is 0 Å². The van der Waals surface area contributed by atoms with Crippen molar-refractivity contribution >= 4 is 22.1 Å². The Morgan fingerprint density at radius 1 is 0.789 bits per heavy atom. The van der Waals surface area contributed by atoms with E-state index >= 15 is 0 Å². The average Bonchev–Trinajstić information content (AvgIpc) is 3.07. The van der Waals surface area contributed by atoms with Gasteiger partial charge in [0.1, 0.15) is 0 Å². The summed E-state index contributed by atoms with van der Waals surface area (Å²) in [6.07, 6.45) is 3.41. The van der Waals surface area contributed by atoms with Gasteiger partial charge in [-0.15, -0.1) is 0 Å². The summed E-state index contributed by atoms with van der Waals surface area (Å²) in [6.45, 7) is 2.07. The lowest BCUT2D eigenvalue weighted by molar-refractivity contribution is 1.34. The highest BCUT2D eigenvalue weighted by atomic mass is 14.9. The summed E-state index contributed by atoms with van der Waals surface area (Å²) in [5.74, 6) is 0. The predicted molar refractivity (Wildman–Crippen MR) is 76.9 cm³/mol. The number of H-pyrrole nitrogens is 2. The van der Waals surface area contributed by atoms with Gasteiger partial charge in [-0.2, -0.15) is 0 Å². The van der Waals surface area contributed by atoms with Crippen LogP contribution in [0.4, 0.5) is 0 Å². The van der Waals surface area contributed by atoms with Crippen LogP contribution < -0.4 is 0 Å². The van der Waals surface area contributed by atoms with Gasteiger partial charge >= 0.3 is 0 Å². The number of benzene rings is 2. The summed E-state index contributed by atoms with van der Waals surface area (Å²) in [4.78, 5) is 14.2. The van der Waals surface area contributed by atoms with Crippen LogP contribution in [0.1, 0.15) is 5.56 Å². The Morgan fingerprint density at radius 3 is 2.26 bits per heavy atom. The lowest BCUT2D eigenvalue weighted by Crippen LogP contribution is -1.71. The Balaban J connectivity index is 0.000000117. The fourth-order valence-electron chi connectivity index (χ4n) is 1.93. The standard InChI is InChI=1S/C8H8N2.C7H6N2/c1-6-2-3-7-8(4-6)10-5-9-7;1-2-4-7-6(3-1)8-5-9-7/h2-5H,1H3,(H,9,10);1-5H,(H,8,9). The Kier molecular flexibility index (Phi) is 2.98. The van der Waals surface area contributed by atoms with E-state index in [4.69, 9.17) is 0 Å². The summed E-state index contributed by atoms with van der Waals surface area (Å²) in [5, 5.41) is 0. The third-order valence-corrected chi connectivity index (χ3v) is 2.90. The number of fused-ring (bicyclic) bond motifs is 2. The SMILES string of the molecule is Cc1ccc2nc[nH]c2c1.c1ccc2[nH]cnc2c1. The van der Waals surface area contributed by atoms with Crippen LogP contribution in [-0.2, 0) is 0 Å². The molecule has 0 atom stereocenters. The second-order valence-corrected chi connectivity index (χ2v) is 4.34. The molecule has 0 aliphatic heterocycles. The topological polar surface area (TPSA) is 57.4 Å². The molecule has 0 saturated heterocycles. The third kappa shape index (κ3) is 2.47. The van der Waals surface area contributed by atoms with E-state index in [0.717, 1.165) is 22.1 Å². The number of aromatic amines is 2. The molecule has 0 saturated carbocycles. The molecule has 2 heterocycles. The van der Waals surface area contributed by atoms with Crippen molar-refractivity contribution in [1.29, 1.82) is 0 Å². The molecule has 0 spiro atoms. The Bertz CT molecular complexity index is 768. The van der Waals surface area contributed by atoms with Crippen LogP contribution in [0.25, 0.3) is 22.1 Å². The van der Waals surface area contributed by atoms with Crippen molar-refractivity contribution in [3.8, 4) is 0 Å². The molecule has 4 rings (SSSR count). The van der Waals surface area contributed by atoms with Crippen molar-refractivity contribution in [3.05, 3.63) is 60.7 Å². The normalized spacial score (nSPS) is 10.4. The number of rotatable bonds is 0. The molecule has 19 heavy (non-hydrogen) atoms. The van der Waals surface area contributed by atoms with Crippen molar-refractivity contribution < 1.29 is 0 Å². The van der Waals surface area contributed by atoms with Gasteiger partial charge in [-0.1, -0.05) is 18.2 Å². The van der Waals surface area contributed by atoms with Crippen LogP contribution in [0.15, 0.2) is 55.1 Å². The summed E-state index contributed by atoms with van der Waals surface area (Å²) < 4.78 is 0. The number of imidazole rings is 2. The molecule has 0 aliphatic carbocycles. The minimum atomic E-state index is 1.03. The molecular formula is C15H14N4. The first-order chi connectivity index (χ1) is 9.33. The van der Waals surface area contributed by atoms with Crippen molar-refractivity contribution in [2.45, 2.75) is 6.92 Å². The lowest BCUT2D eigenvalue weighted by atomic mass is 10.2. The molecule has 0 bridgehead atoms. The van der Waals surface area contributed by atoms with E-state index in [-0.39, 0.29) is 0 Å². The first-order valence-corrected chi connectivity index (χ1v) is 6.11. The molecule has 2 N–H and O–H groups in total. The molecule has 0 unspecified atom stereocenters. The number of hydrogen-bond donors (Lipinski definition) is 2. The van der Waals surface area contributed by atoms with Gasteiger partial charge < -0.3 is 9.97 Å². The minimum absolute atomic E-state index is 1.03. The second kappa shape index (κ2) is 4.94. The molecule has 0 fully saturated rings. The lowest BCUT2D eigenvalue weighted by Gasteiger charge is -1.89. The molecule has 4 aromatic rings. The van der Waals surface area contributed by atoms with E-state index in [2.05, 4.69) is 39.0 Å². The number of aromatic nitrogens is 4. The van der Waals surface area contributed by atoms with Gasteiger partial charge in [-0.05, 0) is 36.8 Å². The Morgan fingerprint density at radius 2 is 1.47 bits per heavy atom. The van der Waals surface area contributed by atoms with Crippen molar-refractivity contribution in [3.63, 3.8) is 0 Å². The fraction of sp³-hybridized carbons (Fsp3) is 0.0667. The summed E-state index contributed by atoms with van der Waals surface area (Å²) >= 11 is 0. The molecule has 2 aromatic carbocycles. The van der Waals surface area contributed by atoms with E-state index in [1.807, 2.05) is 30.3 Å². The van der Waals surface area contributed by atoms with E-state index in [0.29, 0.717) is 0 Å². The molecule has 4 nitrogen and oxygen atoms in total. The van der Waals surface area contributed by atoms with Gasteiger partial charge in [0.05, 0.1) is 34.7 Å². The number of hydrogen-bond acceptors (Lipinski definition) is 2. The maximum absolute atomic E-state index is 4.10. The maximum atomic E-state index is 4.10. The first kappa shape index (κ1) is 11.5. The third-order valence-electron chi connectivity index (χ3n) is 2.90. The van der Waals surface area contributed by atoms with E-state index in [9.17, 15) is 0 Å². The molecule has 0 aliphatic rings. The van der Waals surface area contributed by atoms with Gasteiger partial charge in [0.15, 0.2) is 0 Å². The van der Waals surface area contributed by atoms with Crippen LogP contribution in [0.5, 0.6) is 0 Å². The van der Waals surface area contributed by atoms with Crippen LogP contribution in [0.2, 0.25) is 0 Å². The molecule has 2 aromatic heterocycles. The molecule has 0 amide bonds. The van der Waals surface area contributed by atoms with Gasteiger partial charge in [-0.3, -0.25) is 0 Å². The fourth-order valence-corrected chi connectivity index (χ4v) is 1.93. The van der Waals surface area contributed by atoms with Crippen LogP contribution in [-0.4, -0.2) is 19.9 Å². The monoisotopic (exact) mass is 250 g/mol. The zero-order valence-corrected chi connectivity index (χ0v) is 10.6. The maximum Gasteiger partial charge on any atom is 0.0931 e. The van der Waals surface area contributed by atoms with Gasteiger partial charge in [0, 0.05) is 0 Å². The second-order valence-electron chi connectivity index (χ2n) is 4.34. The van der Waals surface area contributed by atoms with Gasteiger partial charge in [0.2, 0.25) is 0 Å². The Hall–Kier alpha value is -2.62. The average molecular weight is 250 g/mol. The number of para-hydroxylation sites is 2. The Labute approximate surface area is 110 Å². The number of nitrogens with one attached hydrogen (secondary N) is 2. The van der Waals surface area contributed by atoms with Crippen LogP contribution in [0, 0.1) is 6.92 Å². The quantitative estimate of drug-likeness (QED) is 0.502. The number of nitrogens with zero attached hydrogens (tertiary/aromatic N) is 2. The first-order valence-electron chi connectivity index (χ1n) is 6.11. The molecule has 4 heteroatoms. The zero-order valence-electron chi connectivity index (χ0n) is 10.6. The molecule has 94 valence electrons.